The molecule has 0 aliphatic heterocycles. The van der Waals surface area contributed by atoms with E-state index in [1.165, 1.54) is 19.4 Å². The Morgan fingerprint density at radius 2 is 1.82 bits per heavy atom. The van der Waals surface area contributed by atoms with Crippen LogP contribution in [0.25, 0.3) is 0 Å². The molecule has 0 aliphatic rings. The van der Waals surface area contributed by atoms with Crippen molar-refractivity contribution in [1.29, 1.82) is 0 Å². The molecule has 0 radical (unpaired) electrons. The van der Waals surface area contributed by atoms with Crippen molar-refractivity contribution in [1.82, 2.24) is 4.98 Å². The van der Waals surface area contributed by atoms with Crippen LogP contribution in [0.15, 0.2) is 42.6 Å². The van der Waals surface area contributed by atoms with Crippen molar-refractivity contribution in [3.8, 4) is 17.2 Å². The first kappa shape index (κ1) is 27.1. The van der Waals surface area contributed by atoms with E-state index < -0.39 is 30.1 Å². The van der Waals surface area contributed by atoms with Gasteiger partial charge in [0.05, 0.1) is 20.1 Å². The van der Waals surface area contributed by atoms with Crippen LogP contribution in [0.1, 0.15) is 43.6 Å². The minimum Gasteiger partial charge on any atom is -0.503 e. The van der Waals surface area contributed by atoms with E-state index in [1.807, 2.05) is 25.1 Å². The summed E-state index contributed by atoms with van der Waals surface area (Å²) < 4.78 is 27.9. The van der Waals surface area contributed by atoms with Crippen LogP contribution in [-0.2, 0) is 19.0 Å². The Hall–Kier alpha value is -3.17. The summed E-state index contributed by atoms with van der Waals surface area (Å²) in [6, 6.07) is 10.6. The summed E-state index contributed by atoms with van der Waals surface area (Å²) in [7, 11) is 2.93. The van der Waals surface area contributed by atoms with Gasteiger partial charge in [0.25, 0.3) is 0 Å². The Morgan fingerprint density at radius 3 is 2.47 bits per heavy atom. The van der Waals surface area contributed by atoms with Crippen LogP contribution in [0.2, 0.25) is 0 Å². The summed E-state index contributed by atoms with van der Waals surface area (Å²) in [4.78, 5) is 28.9. The lowest BCUT2D eigenvalue weighted by Crippen LogP contribution is -2.46. The zero-order chi connectivity index (χ0) is 24.9. The number of methoxy groups -OCH3 is 2. The quantitative estimate of drug-likeness (QED) is 0.305. The van der Waals surface area contributed by atoms with E-state index in [-0.39, 0.29) is 36.6 Å². The maximum atomic E-state index is 12.5. The third-order valence-corrected chi connectivity index (χ3v) is 4.96. The number of Topliss-reactive ketones (excluding diaryl/α,β-unsaturated/α-hetero) is 1. The largest absolute Gasteiger partial charge is 0.503 e. The molecular weight excluding hydrogens is 442 g/mol. The van der Waals surface area contributed by atoms with Crippen molar-refractivity contribution in [2.75, 3.05) is 27.4 Å². The molecule has 0 fully saturated rings. The molecule has 1 aromatic heterocycles. The fourth-order valence-corrected chi connectivity index (χ4v) is 3.27. The van der Waals surface area contributed by atoms with Crippen LogP contribution in [0.3, 0.4) is 0 Å². The highest BCUT2D eigenvalue weighted by atomic mass is 16.6. The summed E-state index contributed by atoms with van der Waals surface area (Å²) in [5.41, 5.74) is -0.154. The maximum Gasteiger partial charge on any atom is 0.306 e. The Morgan fingerprint density at radius 1 is 1.09 bits per heavy atom. The molecule has 9 nitrogen and oxygen atoms in total. The highest BCUT2D eigenvalue weighted by Gasteiger charge is 2.32. The average molecular weight is 476 g/mol. The van der Waals surface area contributed by atoms with Crippen LogP contribution < -0.4 is 9.47 Å². The topological polar surface area (TPSA) is 113 Å². The fraction of sp³-hybridized carbons (Fsp3) is 0.480. The second kappa shape index (κ2) is 14.2. The second-order valence-corrected chi connectivity index (χ2v) is 7.59. The monoisotopic (exact) mass is 475 g/mol. The maximum absolute atomic E-state index is 12.5. The lowest BCUT2D eigenvalue weighted by molar-refractivity contribution is -0.160. The molecule has 3 atom stereocenters. The van der Waals surface area contributed by atoms with Crippen LogP contribution >= 0.6 is 0 Å². The number of aromatic nitrogens is 1. The summed E-state index contributed by atoms with van der Waals surface area (Å²) in [5.74, 6) is -0.709. The summed E-state index contributed by atoms with van der Waals surface area (Å²) >= 11 is 0. The number of esters is 1. The molecule has 0 bridgehead atoms. The van der Waals surface area contributed by atoms with Crippen molar-refractivity contribution in [2.24, 2.45) is 0 Å². The molecule has 9 heteroatoms. The van der Waals surface area contributed by atoms with Crippen molar-refractivity contribution in [2.45, 2.75) is 51.4 Å². The van der Waals surface area contributed by atoms with Crippen molar-refractivity contribution < 1.29 is 38.4 Å². The van der Waals surface area contributed by atoms with Gasteiger partial charge in [-0.25, -0.2) is 4.98 Å². The number of pyridine rings is 1. The highest BCUT2D eigenvalue weighted by Crippen LogP contribution is 2.28. The first-order chi connectivity index (χ1) is 16.4. The Labute approximate surface area is 200 Å². The molecule has 0 saturated carbocycles. The lowest BCUT2D eigenvalue weighted by atomic mass is 10.1. The molecule has 1 aromatic carbocycles. The molecule has 186 valence electrons. The number of rotatable bonds is 15. The number of carbonyl (C=O) groups is 2. The number of ether oxygens (including phenoxy) is 5. The molecule has 0 aliphatic carbocycles. The highest BCUT2D eigenvalue weighted by molar-refractivity contribution is 5.98. The number of ketones is 1. The number of hydrogen-bond acceptors (Lipinski definition) is 9. The van der Waals surface area contributed by atoms with Gasteiger partial charge in [-0.3, -0.25) is 9.59 Å². The number of benzene rings is 1. The first-order valence-corrected chi connectivity index (χ1v) is 11.2. The number of nitrogens with zero attached hydrogens (tertiary/aromatic N) is 1. The van der Waals surface area contributed by atoms with Gasteiger partial charge in [0, 0.05) is 32.4 Å². The predicted octanol–water partition coefficient (Wildman–Crippen LogP) is 3.58. The summed E-state index contributed by atoms with van der Waals surface area (Å²) in [6.45, 7) is 4.45. The van der Waals surface area contributed by atoms with E-state index in [2.05, 4.69) is 4.98 Å². The van der Waals surface area contributed by atoms with Crippen molar-refractivity contribution in [3.63, 3.8) is 0 Å². The molecule has 1 heterocycles. The van der Waals surface area contributed by atoms with E-state index >= 15 is 0 Å². The van der Waals surface area contributed by atoms with Crippen LogP contribution in [0, 0.1) is 0 Å². The number of aromatic hydroxyl groups is 1. The van der Waals surface area contributed by atoms with Crippen LogP contribution in [0.4, 0.5) is 0 Å². The molecule has 0 unspecified atom stereocenters. The minimum absolute atomic E-state index is 0.131. The van der Waals surface area contributed by atoms with Gasteiger partial charge in [0.15, 0.2) is 29.1 Å². The number of para-hydroxylation sites is 1. The molecular formula is C25H33NO8. The first-order valence-electron chi connectivity index (χ1n) is 11.2. The normalized spacial score (nSPS) is 13.5. The van der Waals surface area contributed by atoms with E-state index in [4.69, 9.17) is 23.7 Å². The van der Waals surface area contributed by atoms with E-state index in [1.54, 1.807) is 26.2 Å². The zero-order valence-corrected chi connectivity index (χ0v) is 20.1. The molecule has 2 rings (SSSR count). The van der Waals surface area contributed by atoms with Gasteiger partial charge < -0.3 is 28.8 Å². The smallest absolute Gasteiger partial charge is 0.306 e. The molecule has 0 saturated heterocycles. The Balaban J connectivity index is 2.05. The number of carbonyl (C=O) groups excluding carboxylic acids is 2. The SMILES string of the molecule is CCCO[C@@H](COC)[C@@H](Oc1ccccc1)[C@H](C)OC(=O)CCC(=O)c1nccc(OC)c1O. The molecule has 2 aromatic rings. The Kier molecular flexibility index (Phi) is 11.3. The molecule has 34 heavy (non-hydrogen) atoms. The van der Waals surface area contributed by atoms with Crippen LogP contribution in [0.5, 0.6) is 17.2 Å². The second-order valence-electron chi connectivity index (χ2n) is 7.59. The van der Waals surface area contributed by atoms with E-state index in [0.29, 0.717) is 12.4 Å². The van der Waals surface area contributed by atoms with Gasteiger partial charge in [0.1, 0.15) is 18.0 Å². The van der Waals surface area contributed by atoms with Gasteiger partial charge in [-0.05, 0) is 25.5 Å². The van der Waals surface area contributed by atoms with Crippen molar-refractivity contribution >= 4 is 11.8 Å². The predicted molar refractivity (Wildman–Crippen MR) is 124 cm³/mol. The number of hydrogen-bond donors (Lipinski definition) is 1. The Bertz CT molecular complexity index is 905. The van der Waals surface area contributed by atoms with Gasteiger partial charge in [-0.2, -0.15) is 0 Å². The fourth-order valence-electron chi connectivity index (χ4n) is 3.27. The third-order valence-electron chi connectivity index (χ3n) is 4.96. The summed E-state index contributed by atoms with van der Waals surface area (Å²) in [5, 5.41) is 10.1. The van der Waals surface area contributed by atoms with Crippen LogP contribution in [-0.4, -0.2) is 67.6 Å². The van der Waals surface area contributed by atoms with Crippen molar-refractivity contribution in [3.05, 3.63) is 48.3 Å². The zero-order valence-electron chi connectivity index (χ0n) is 20.1. The van der Waals surface area contributed by atoms with Gasteiger partial charge in [-0.1, -0.05) is 25.1 Å². The summed E-state index contributed by atoms with van der Waals surface area (Å²) in [6.07, 6.45) is -0.0287. The molecule has 1 N–H and O–H groups in total. The van der Waals surface area contributed by atoms with E-state index in [9.17, 15) is 14.7 Å². The lowest BCUT2D eigenvalue weighted by Gasteiger charge is -2.31. The van der Waals surface area contributed by atoms with Gasteiger partial charge >= 0.3 is 5.97 Å². The van der Waals surface area contributed by atoms with E-state index in [0.717, 1.165) is 6.42 Å². The standard InChI is InChI=1S/C25H33NO8/c1-5-15-32-21(16-30-3)25(34-18-9-7-6-8-10-18)17(2)33-22(28)12-11-19(27)23-24(29)20(31-4)13-14-26-23/h6-10,13-14,17,21,25,29H,5,11-12,15-16H2,1-4H3/t17-,21-,25-/m0/s1. The average Bonchev–Trinajstić information content (AvgIpc) is 2.84. The van der Waals surface area contributed by atoms with Gasteiger partial charge in [-0.15, -0.1) is 0 Å². The molecule has 0 spiro atoms. The third kappa shape index (κ3) is 8.00. The minimum atomic E-state index is -0.692. The molecule has 0 amide bonds. The van der Waals surface area contributed by atoms with Gasteiger partial charge in [0.2, 0.25) is 0 Å².